The Morgan fingerprint density at radius 1 is 1.00 bits per heavy atom. The Bertz CT molecular complexity index is 785. The topological polar surface area (TPSA) is 28.1 Å². The van der Waals surface area contributed by atoms with Gasteiger partial charge in [-0.15, -0.1) is 0 Å². The first-order valence-electron chi connectivity index (χ1n) is 6.02. The molecule has 1 aromatic carbocycles. The molecule has 3 rings (SSSR count). The van der Waals surface area contributed by atoms with Gasteiger partial charge >= 0.3 is 0 Å². The third-order valence-electron chi connectivity index (χ3n) is 2.98. The molecule has 0 saturated carbocycles. The van der Waals surface area contributed by atoms with E-state index in [0.29, 0.717) is 31.8 Å². The average Bonchev–Trinajstić information content (AvgIpc) is 2.94. The minimum atomic E-state index is 0.331. The first-order valence-corrected chi connectivity index (χ1v) is 7.53. The van der Waals surface area contributed by atoms with Crippen LogP contribution in [0.2, 0.25) is 10.2 Å². The molecule has 106 valence electrons. The molecule has 0 atom stereocenters. The zero-order valence-corrected chi connectivity index (χ0v) is 13.5. The molecule has 1 aromatic heterocycles. The van der Waals surface area contributed by atoms with Crippen LogP contribution in [-0.2, 0) is 0 Å². The Morgan fingerprint density at radius 3 is 2.24 bits per heavy atom. The van der Waals surface area contributed by atoms with E-state index in [0.717, 1.165) is 11.1 Å². The fourth-order valence-electron chi connectivity index (χ4n) is 2.13. The average molecular weight is 358 g/mol. The zero-order chi connectivity index (χ0) is 15.0. The van der Waals surface area contributed by atoms with Crippen molar-refractivity contribution in [2.45, 2.75) is 0 Å². The highest BCUT2D eigenvalue weighted by molar-refractivity contribution is 6.70. The molecule has 1 aliphatic rings. The lowest BCUT2D eigenvalue weighted by atomic mass is 10.0. The molecule has 1 N–H and O–H groups in total. The smallest absolute Gasteiger partial charge is 0.131 e. The summed E-state index contributed by atoms with van der Waals surface area (Å²) in [6.45, 7) is 0. The molecular formula is C15H8Cl4N2. The van der Waals surface area contributed by atoms with Crippen molar-refractivity contribution in [2.24, 2.45) is 4.99 Å². The molecule has 0 aliphatic carbocycles. The van der Waals surface area contributed by atoms with E-state index in [9.17, 15) is 0 Å². The van der Waals surface area contributed by atoms with Crippen molar-refractivity contribution in [1.82, 2.24) is 4.98 Å². The van der Waals surface area contributed by atoms with Gasteiger partial charge in [0.25, 0.3) is 0 Å². The molecule has 21 heavy (non-hydrogen) atoms. The molecule has 0 unspecified atom stereocenters. The van der Waals surface area contributed by atoms with E-state index >= 15 is 0 Å². The van der Waals surface area contributed by atoms with Crippen LogP contribution < -0.4 is 0 Å². The third-order valence-corrected chi connectivity index (χ3v) is 3.96. The highest BCUT2D eigenvalue weighted by Crippen LogP contribution is 2.38. The summed E-state index contributed by atoms with van der Waals surface area (Å²) in [4.78, 5) is 7.32. The first kappa shape index (κ1) is 14.7. The van der Waals surface area contributed by atoms with Gasteiger partial charge in [-0.25, -0.2) is 4.99 Å². The number of aliphatic imine (C=N–C) groups is 1. The zero-order valence-electron chi connectivity index (χ0n) is 10.5. The molecule has 0 amide bonds. The highest BCUT2D eigenvalue weighted by Gasteiger charge is 2.22. The van der Waals surface area contributed by atoms with Crippen LogP contribution in [0, 0.1) is 0 Å². The van der Waals surface area contributed by atoms with Gasteiger partial charge in [0.05, 0.1) is 21.4 Å². The van der Waals surface area contributed by atoms with E-state index in [4.69, 9.17) is 46.4 Å². The number of halogens is 4. The summed E-state index contributed by atoms with van der Waals surface area (Å²) >= 11 is 24.4. The van der Waals surface area contributed by atoms with Gasteiger partial charge in [-0.1, -0.05) is 76.7 Å². The van der Waals surface area contributed by atoms with Crippen LogP contribution in [0.1, 0.15) is 11.3 Å². The van der Waals surface area contributed by atoms with Crippen LogP contribution in [0.25, 0.3) is 5.57 Å². The summed E-state index contributed by atoms with van der Waals surface area (Å²) in [5.74, 6) is 0. The Morgan fingerprint density at radius 2 is 1.71 bits per heavy atom. The van der Waals surface area contributed by atoms with E-state index in [-0.39, 0.29) is 0 Å². The monoisotopic (exact) mass is 356 g/mol. The Balaban J connectivity index is 2.30. The maximum atomic E-state index is 6.26. The molecular weight excluding hydrogens is 350 g/mol. The molecule has 2 heterocycles. The second-order valence-corrected chi connectivity index (χ2v) is 5.97. The number of aromatic amines is 1. The molecule has 2 aromatic rings. The van der Waals surface area contributed by atoms with E-state index < -0.39 is 0 Å². The van der Waals surface area contributed by atoms with Crippen molar-refractivity contribution in [3.63, 3.8) is 0 Å². The summed E-state index contributed by atoms with van der Waals surface area (Å²) in [5.41, 5.74) is 2.89. The van der Waals surface area contributed by atoms with E-state index in [1.807, 2.05) is 30.3 Å². The third kappa shape index (κ3) is 2.90. The fraction of sp³-hybridized carbons (Fsp3) is 0. The molecule has 0 fully saturated rings. The lowest BCUT2D eigenvalue weighted by Crippen LogP contribution is -1.94. The molecule has 0 radical (unpaired) electrons. The maximum Gasteiger partial charge on any atom is 0.131 e. The number of hydrogen-bond donors (Lipinski definition) is 1. The molecule has 0 bridgehead atoms. The summed E-state index contributed by atoms with van der Waals surface area (Å²) in [5, 5.41) is 1.73. The maximum absolute atomic E-state index is 6.26. The second kappa shape index (κ2) is 5.90. The van der Waals surface area contributed by atoms with Crippen LogP contribution in [0.4, 0.5) is 0 Å². The molecule has 6 heteroatoms. The number of nitrogens with one attached hydrogen (secondary N) is 1. The van der Waals surface area contributed by atoms with Gasteiger partial charge < -0.3 is 4.98 Å². The largest absolute Gasteiger partial charge is 0.344 e. The number of benzene rings is 1. The normalized spacial score (nSPS) is 16.8. The molecule has 0 saturated heterocycles. The minimum Gasteiger partial charge on any atom is -0.344 e. The van der Waals surface area contributed by atoms with E-state index in [1.54, 1.807) is 12.1 Å². The fourth-order valence-corrected chi connectivity index (χ4v) is 3.13. The van der Waals surface area contributed by atoms with Crippen LogP contribution in [0.15, 0.2) is 58.2 Å². The van der Waals surface area contributed by atoms with E-state index in [1.165, 1.54) is 0 Å². The standard InChI is InChI=1S/C15H8Cl4N2/c16-9-6-11(18)20-14(9)13(8-4-2-1-3-5-8)15-10(17)7-12(19)21-15/h1-7,20H. The number of H-pyrrole nitrogens is 1. The predicted octanol–water partition coefficient (Wildman–Crippen LogP) is 5.85. The van der Waals surface area contributed by atoms with Crippen LogP contribution in [0.3, 0.4) is 0 Å². The van der Waals surface area contributed by atoms with E-state index in [2.05, 4.69) is 9.98 Å². The molecule has 1 aliphatic heterocycles. The van der Waals surface area contributed by atoms with Gasteiger partial charge in [0.1, 0.15) is 10.3 Å². The van der Waals surface area contributed by atoms with Gasteiger partial charge in [0, 0.05) is 5.57 Å². The summed E-state index contributed by atoms with van der Waals surface area (Å²) < 4.78 is 0. The van der Waals surface area contributed by atoms with Crippen molar-refractivity contribution in [2.75, 3.05) is 0 Å². The predicted molar refractivity (Wildman–Crippen MR) is 90.5 cm³/mol. The lowest BCUT2D eigenvalue weighted by molar-refractivity contribution is 1.31. The van der Waals surface area contributed by atoms with Gasteiger partial charge in [0.2, 0.25) is 0 Å². The quantitative estimate of drug-likeness (QED) is 0.697. The van der Waals surface area contributed by atoms with Crippen LogP contribution in [-0.4, -0.2) is 10.2 Å². The van der Waals surface area contributed by atoms with Gasteiger partial charge in [0.15, 0.2) is 0 Å². The summed E-state index contributed by atoms with van der Waals surface area (Å²) in [6.07, 6.45) is 1.60. The number of nitrogens with zero attached hydrogens (tertiary/aromatic N) is 1. The Kier molecular flexibility index (Phi) is 4.14. The van der Waals surface area contributed by atoms with Crippen molar-refractivity contribution in [3.8, 4) is 0 Å². The lowest BCUT2D eigenvalue weighted by Gasteiger charge is -2.10. The molecule has 2 nitrogen and oxygen atoms in total. The van der Waals surface area contributed by atoms with Crippen LogP contribution >= 0.6 is 46.4 Å². The van der Waals surface area contributed by atoms with Crippen molar-refractivity contribution in [1.29, 1.82) is 0 Å². The van der Waals surface area contributed by atoms with Gasteiger partial charge in [-0.05, 0) is 17.7 Å². The summed E-state index contributed by atoms with van der Waals surface area (Å²) in [6, 6.07) is 11.3. The van der Waals surface area contributed by atoms with Gasteiger partial charge in [-0.2, -0.15) is 0 Å². The van der Waals surface area contributed by atoms with Crippen molar-refractivity contribution < 1.29 is 0 Å². The minimum absolute atomic E-state index is 0.331. The number of hydrogen-bond acceptors (Lipinski definition) is 1. The van der Waals surface area contributed by atoms with Crippen LogP contribution in [0.5, 0.6) is 0 Å². The highest BCUT2D eigenvalue weighted by atomic mass is 35.5. The number of allylic oxidation sites excluding steroid dienone is 2. The Labute approximate surface area is 141 Å². The number of aromatic nitrogens is 1. The van der Waals surface area contributed by atoms with Gasteiger partial charge in [-0.3, -0.25) is 0 Å². The first-order chi connectivity index (χ1) is 10.1. The second-order valence-electron chi connectivity index (χ2n) is 4.36. The molecule has 0 spiro atoms. The Hall–Kier alpha value is -1.19. The van der Waals surface area contributed by atoms with Crippen molar-refractivity contribution in [3.05, 3.63) is 74.6 Å². The van der Waals surface area contributed by atoms with Crippen molar-refractivity contribution >= 4 is 57.1 Å². The number of rotatable bonds is 2. The SMILES string of the molecule is ClC1=CC(Cl)=NC1=C(c1ccccc1)c1[nH]c(Cl)cc1Cl. The summed E-state index contributed by atoms with van der Waals surface area (Å²) in [7, 11) is 0.